The molecule has 0 N–H and O–H groups in total. The van der Waals surface area contributed by atoms with Gasteiger partial charge in [-0.15, -0.1) is 0 Å². The van der Waals surface area contributed by atoms with Crippen LogP contribution in [-0.4, -0.2) is 43.7 Å². The van der Waals surface area contributed by atoms with E-state index in [0.29, 0.717) is 6.10 Å². The lowest BCUT2D eigenvalue weighted by Crippen LogP contribution is -2.14. The maximum absolute atomic E-state index is 5.52. The Morgan fingerprint density at radius 3 is 2.54 bits per heavy atom. The van der Waals surface area contributed by atoms with E-state index in [-0.39, 0.29) is 6.29 Å². The van der Waals surface area contributed by atoms with Gasteiger partial charge in [0.2, 0.25) is 0 Å². The number of hydrogen-bond acceptors (Lipinski definition) is 4. The van der Waals surface area contributed by atoms with Gasteiger partial charge in [-0.1, -0.05) is 0 Å². The minimum atomic E-state index is 0.0337. The predicted molar refractivity (Wildman–Crippen MR) is 52.0 cm³/mol. The van der Waals surface area contributed by atoms with Crippen molar-refractivity contribution >= 4 is 11.8 Å². The summed E-state index contributed by atoms with van der Waals surface area (Å²) in [4.78, 5) is 0. The van der Waals surface area contributed by atoms with Gasteiger partial charge in [-0.3, -0.25) is 0 Å². The van der Waals surface area contributed by atoms with Crippen molar-refractivity contribution in [1.29, 1.82) is 0 Å². The lowest BCUT2D eigenvalue weighted by molar-refractivity contribution is -0.0215. The molecule has 2 heterocycles. The van der Waals surface area contributed by atoms with Gasteiger partial charge in [-0.25, -0.2) is 0 Å². The molecular formula is C9H16O3S. The van der Waals surface area contributed by atoms with Crippen LogP contribution < -0.4 is 0 Å². The SMILES string of the molecule is C1COC(CSCC2OCCO2)C1. The Morgan fingerprint density at radius 2 is 1.85 bits per heavy atom. The summed E-state index contributed by atoms with van der Waals surface area (Å²) in [5.41, 5.74) is 0. The molecule has 76 valence electrons. The Hall–Kier alpha value is 0.230. The largest absolute Gasteiger partial charge is 0.377 e. The first-order chi connectivity index (χ1) is 6.45. The van der Waals surface area contributed by atoms with Crippen LogP contribution in [0.5, 0.6) is 0 Å². The van der Waals surface area contributed by atoms with E-state index in [1.54, 1.807) is 0 Å². The van der Waals surface area contributed by atoms with Gasteiger partial charge < -0.3 is 14.2 Å². The zero-order valence-corrected chi connectivity index (χ0v) is 8.55. The second-order valence-corrected chi connectivity index (χ2v) is 4.42. The smallest absolute Gasteiger partial charge is 0.166 e. The molecule has 0 aliphatic carbocycles. The molecule has 3 nitrogen and oxygen atoms in total. The molecule has 1 unspecified atom stereocenters. The van der Waals surface area contributed by atoms with E-state index >= 15 is 0 Å². The topological polar surface area (TPSA) is 27.7 Å². The third-order valence-corrected chi connectivity index (χ3v) is 3.39. The first-order valence-corrected chi connectivity index (χ1v) is 6.03. The molecule has 0 radical (unpaired) electrons. The first-order valence-electron chi connectivity index (χ1n) is 4.88. The standard InChI is InChI=1S/C9H16O3S/c1-2-8(10-3-1)6-13-7-9-11-4-5-12-9/h8-9H,1-7H2. The number of thioether (sulfide) groups is 1. The quantitative estimate of drug-likeness (QED) is 0.689. The van der Waals surface area contributed by atoms with Crippen LogP contribution in [0.1, 0.15) is 12.8 Å². The van der Waals surface area contributed by atoms with Crippen molar-refractivity contribution in [2.45, 2.75) is 25.2 Å². The van der Waals surface area contributed by atoms with Crippen molar-refractivity contribution < 1.29 is 14.2 Å². The molecule has 2 fully saturated rings. The van der Waals surface area contributed by atoms with Gasteiger partial charge in [0.05, 0.1) is 19.3 Å². The van der Waals surface area contributed by atoms with Crippen LogP contribution >= 0.6 is 11.8 Å². The molecule has 4 heteroatoms. The van der Waals surface area contributed by atoms with E-state index in [1.807, 2.05) is 11.8 Å². The summed E-state index contributed by atoms with van der Waals surface area (Å²) < 4.78 is 16.2. The first kappa shape index (κ1) is 9.77. The van der Waals surface area contributed by atoms with Gasteiger partial charge in [-0.2, -0.15) is 11.8 Å². The summed E-state index contributed by atoms with van der Waals surface area (Å²) >= 11 is 1.87. The van der Waals surface area contributed by atoms with Crippen molar-refractivity contribution in [3.05, 3.63) is 0 Å². The molecule has 0 bridgehead atoms. The highest BCUT2D eigenvalue weighted by Crippen LogP contribution is 2.19. The molecule has 0 saturated carbocycles. The Bertz CT molecular complexity index is 126. The molecule has 13 heavy (non-hydrogen) atoms. The van der Waals surface area contributed by atoms with Crippen molar-refractivity contribution in [2.75, 3.05) is 31.3 Å². The molecule has 0 amide bonds. The van der Waals surface area contributed by atoms with Crippen molar-refractivity contribution in [1.82, 2.24) is 0 Å². The highest BCUT2D eigenvalue weighted by atomic mass is 32.2. The van der Waals surface area contributed by atoms with E-state index in [4.69, 9.17) is 14.2 Å². The lowest BCUT2D eigenvalue weighted by atomic mass is 10.3. The highest BCUT2D eigenvalue weighted by Gasteiger charge is 2.19. The fourth-order valence-electron chi connectivity index (χ4n) is 1.57. The Morgan fingerprint density at radius 1 is 1.00 bits per heavy atom. The summed E-state index contributed by atoms with van der Waals surface area (Å²) in [6.07, 6.45) is 2.96. The highest BCUT2D eigenvalue weighted by molar-refractivity contribution is 7.99. The van der Waals surface area contributed by atoms with E-state index in [9.17, 15) is 0 Å². The average molecular weight is 204 g/mol. The maximum Gasteiger partial charge on any atom is 0.166 e. The maximum atomic E-state index is 5.52. The minimum Gasteiger partial charge on any atom is -0.377 e. The summed E-state index contributed by atoms with van der Waals surface area (Å²) in [6.45, 7) is 2.46. The van der Waals surface area contributed by atoms with Gasteiger partial charge in [0.15, 0.2) is 6.29 Å². The van der Waals surface area contributed by atoms with Crippen LogP contribution in [-0.2, 0) is 14.2 Å². The van der Waals surface area contributed by atoms with Crippen LogP contribution in [0.25, 0.3) is 0 Å². The molecule has 2 rings (SSSR count). The summed E-state index contributed by atoms with van der Waals surface area (Å²) in [7, 11) is 0. The zero-order chi connectivity index (χ0) is 8.93. The molecule has 0 aromatic rings. The van der Waals surface area contributed by atoms with E-state index < -0.39 is 0 Å². The van der Waals surface area contributed by atoms with Gasteiger partial charge in [-0.05, 0) is 12.8 Å². The van der Waals surface area contributed by atoms with Crippen LogP contribution in [0.4, 0.5) is 0 Å². The molecule has 0 aromatic carbocycles. The van der Waals surface area contributed by atoms with E-state index in [1.165, 1.54) is 12.8 Å². The summed E-state index contributed by atoms with van der Waals surface area (Å²) in [5.74, 6) is 2.03. The van der Waals surface area contributed by atoms with Crippen LogP contribution in [0.3, 0.4) is 0 Å². The van der Waals surface area contributed by atoms with E-state index in [0.717, 1.165) is 31.3 Å². The number of ether oxygens (including phenoxy) is 3. The predicted octanol–water partition coefficient (Wildman–Crippen LogP) is 1.27. The molecule has 2 aliphatic rings. The van der Waals surface area contributed by atoms with Crippen molar-refractivity contribution in [3.63, 3.8) is 0 Å². The summed E-state index contributed by atoms with van der Waals surface area (Å²) in [5, 5.41) is 0. The van der Waals surface area contributed by atoms with E-state index in [2.05, 4.69) is 0 Å². The van der Waals surface area contributed by atoms with Crippen molar-refractivity contribution in [2.24, 2.45) is 0 Å². The number of hydrogen-bond donors (Lipinski definition) is 0. The third-order valence-electron chi connectivity index (χ3n) is 2.27. The fourth-order valence-corrected chi connectivity index (χ4v) is 2.62. The second kappa shape index (κ2) is 5.20. The van der Waals surface area contributed by atoms with Gasteiger partial charge in [0.1, 0.15) is 0 Å². The summed E-state index contributed by atoms with van der Waals surface area (Å²) in [6, 6.07) is 0. The van der Waals surface area contributed by atoms with Crippen LogP contribution in [0.15, 0.2) is 0 Å². The molecule has 1 atom stereocenters. The molecular weight excluding hydrogens is 188 g/mol. The van der Waals surface area contributed by atoms with Gasteiger partial charge >= 0.3 is 0 Å². The van der Waals surface area contributed by atoms with Gasteiger partial charge in [0.25, 0.3) is 0 Å². The third kappa shape index (κ3) is 3.13. The lowest BCUT2D eigenvalue weighted by Gasteiger charge is -2.11. The normalized spacial score (nSPS) is 30.0. The Labute approximate surface area is 83.1 Å². The molecule has 0 spiro atoms. The average Bonchev–Trinajstić information content (AvgIpc) is 2.75. The van der Waals surface area contributed by atoms with Crippen LogP contribution in [0, 0.1) is 0 Å². The number of rotatable bonds is 4. The fraction of sp³-hybridized carbons (Fsp3) is 1.00. The molecule has 2 saturated heterocycles. The second-order valence-electron chi connectivity index (χ2n) is 3.34. The molecule has 0 aromatic heterocycles. The minimum absolute atomic E-state index is 0.0337. The van der Waals surface area contributed by atoms with Crippen LogP contribution in [0.2, 0.25) is 0 Å². The zero-order valence-electron chi connectivity index (χ0n) is 7.74. The van der Waals surface area contributed by atoms with Crippen molar-refractivity contribution in [3.8, 4) is 0 Å². The monoisotopic (exact) mass is 204 g/mol. The van der Waals surface area contributed by atoms with Gasteiger partial charge in [0, 0.05) is 18.1 Å². The molecule has 2 aliphatic heterocycles. The Kier molecular flexibility index (Phi) is 3.91. The Balaban J connectivity index is 1.52.